The smallest absolute Gasteiger partial charge is 0.284 e. The van der Waals surface area contributed by atoms with Gasteiger partial charge in [-0.3, -0.25) is 9.89 Å². The van der Waals surface area contributed by atoms with Crippen molar-refractivity contribution in [1.82, 2.24) is 15.4 Å². The molecule has 0 spiro atoms. The Morgan fingerprint density at radius 3 is 2.73 bits per heavy atom. The molecule has 0 aliphatic carbocycles. The van der Waals surface area contributed by atoms with E-state index in [2.05, 4.69) is 15.4 Å². The summed E-state index contributed by atoms with van der Waals surface area (Å²) in [7, 11) is 0. The average molecular weight is 215 g/mol. The predicted octanol–water partition coefficient (Wildman–Crippen LogP) is 1.70. The van der Waals surface area contributed by atoms with Crippen LogP contribution in [0.3, 0.4) is 0 Å². The molecule has 0 unspecified atom stereocenters. The Morgan fingerprint density at radius 2 is 2.07 bits per heavy atom. The van der Waals surface area contributed by atoms with Crippen LogP contribution in [0.4, 0.5) is 13.2 Å². The van der Waals surface area contributed by atoms with Crippen molar-refractivity contribution in [2.75, 3.05) is 0 Å². The molecule has 0 atom stereocenters. The van der Waals surface area contributed by atoms with Gasteiger partial charge >= 0.3 is 6.18 Å². The Labute approximate surface area is 81.1 Å². The van der Waals surface area contributed by atoms with E-state index < -0.39 is 17.5 Å². The summed E-state index contributed by atoms with van der Waals surface area (Å²) in [4.78, 5) is 11.0. The number of aromatic nitrogens is 3. The van der Waals surface area contributed by atoms with Gasteiger partial charge in [0.1, 0.15) is 5.52 Å². The molecule has 4 nitrogen and oxygen atoms in total. The van der Waals surface area contributed by atoms with Crippen molar-refractivity contribution >= 4 is 16.8 Å². The van der Waals surface area contributed by atoms with E-state index in [1.54, 1.807) is 0 Å². The molecular weight excluding hydrogens is 211 g/mol. The van der Waals surface area contributed by atoms with E-state index in [1.165, 1.54) is 12.1 Å². The Morgan fingerprint density at radius 1 is 1.33 bits per heavy atom. The molecule has 0 aliphatic heterocycles. The molecule has 0 radical (unpaired) electrons. The molecule has 0 amide bonds. The molecule has 0 aliphatic rings. The Kier molecular flexibility index (Phi) is 1.95. The van der Waals surface area contributed by atoms with Crippen LogP contribution in [0.25, 0.3) is 11.0 Å². The minimum atomic E-state index is -4.90. The number of hydrogen-bond donors (Lipinski definition) is 1. The molecule has 1 N–H and O–H groups in total. The maximum absolute atomic E-state index is 12.2. The minimum Gasteiger partial charge on any atom is -0.284 e. The van der Waals surface area contributed by atoms with Gasteiger partial charge in [-0.1, -0.05) is 11.3 Å². The van der Waals surface area contributed by atoms with Gasteiger partial charge in [0.2, 0.25) is 0 Å². The predicted molar refractivity (Wildman–Crippen MR) is 44.3 cm³/mol. The number of H-pyrrole nitrogens is 1. The first-order chi connectivity index (χ1) is 7.00. The third kappa shape index (κ3) is 1.56. The van der Waals surface area contributed by atoms with Crippen molar-refractivity contribution in [1.29, 1.82) is 0 Å². The highest BCUT2D eigenvalue weighted by molar-refractivity contribution is 6.08. The summed E-state index contributed by atoms with van der Waals surface area (Å²) < 4.78 is 36.5. The molecule has 7 heteroatoms. The van der Waals surface area contributed by atoms with Gasteiger partial charge in [0.25, 0.3) is 5.78 Å². The first kappa shape index (κ1) is 9.63. The highest BCUT2D eigenvalue weighted by Gasteiger charge is 2.40. The monoisotopic (exact) mass is 215 g/mol. The molecule has 0 saturated carbocycles. The van der Waals surface area contributed by atoms with E-state index in [0.717, 1.165) is 6.07 Å². The van der Waals surface area contributed by atoms with E-state index in [4.69, 9.17) is 0 Å². The number of fused-ring (bicyclic) bond motifs is 1. The van der Waals surface area contributed by atoms with Crippen LogP contribution in [-0.2, 0) is 0 Å². The van der Waals surface area contributed by atoms with E-state index in [-0.39, 0.29) is 5.52 Å². The molecule has 15 heavy (non-hydrogen) atoms. The topological polar surface area (TPSA) is 58.6 Å². The Hall–Kier alpha value is -1.92. The highest BCUT2D eigenvalue weighted by Crippen LogP contribution is 2.24. The molecule has 1 heterocycles. The summed E-state index contributed by atoms with van der Waals surface area (Å²) in [5, 5.41) is 9.14. The number of nitrogens with zero attached hydrogens (tertiary/aromatic N) is 2. The lowest BCUT2D eigenvalue weighted by molar-refractivity contribution is -0.0884. The number of Topliss-reactive ketones (excluding diaryl/α,β-unsaturated/α-hetero) is 1. The van der Waals surface area contributed by atoms with Gasteiger partial charge in [-0.05, 0) is 12.1 Å². The van der Waals surface area contributed by atoms with Crippen molar-refractivity contribution in [3.8, 4) is 0 Å². The van der Waals surface area contributed by atoms with E-state index >= 15 is 0 Å². The molecule has 0 fully saturated rings. The van der Waals surface area contributed by atoms with Crippen molar-refractivity contribution in [2.24, 2.45) is 0 Å². The fraction of sp³-hybridized carbons (Fsp3) is 0.125. The Bertz CT molecular complexity index is 517. The molecular formula is C8H4F3N3O. The summed E-state index contributed by atoms with van der Waals surface area (Å²) in [5.41, 5.74) is -0.265. The van der Waals surface area contributed by atoms with Gasteiger partial charge in [-0.15, -0.1) is 5.10 Å². The van der Waals surface area contributed by atoms with Gasteiger partial charge in [0.05, 0.1) is 11.1 Å². The molecule has 0 bridgehead atoms. The number of benzene rings is 1. The van der Waals surface area contributed by atoms with Gasteiger partial charge < -0.3 is 0 Å². The number of carbonyl (C=O) groups is 1. The summed E-state index contributed by atoms with van der Waals surface area (Å²) in [6.45, 7) is 0. The zero-order valence-electron chi connectivity index (χ0n) is 7.17. The lowest BCUT2D eigenvalue weighted by Gasteiger charge is -2.04. The number of carbonyl (C=O) groups excluding carboxylic acids is 1. The number of rotatable bonds is 1. The fourth-order valence-corrected chi connectivity index (χ4v) is 1.21. The van der Waals surface area contributed by atoms with Crippen LogP contribution in [0.1, 0.15) is 10.4 Å². The van der Waals surface area contributed by atoms with Crippen LogP contribution in [-0.4, -0.2) is 27.4 Å². The number of hydrogen-bond acceptors (Lipinski definition) is 3. The van der Waals surface area contributed by atoms with E-state index in [1.807, 2.05) is 0 Å². The van der Waals surface area contributed by atoms with Crippen molar-refractivity contribution in [3.05, 3.63) is 23.8 Å². The number of halogens is 3. The van der Waals surface area contributed by atoms with Crippen molar-refractivity contribution in [3.63, 3.8) is 0 Å². The highest BCUT2D eigenvalue weighted by atomic mass is 19.4. The number of ketones is 1. The van der Waals surface area contributed by atoms with Gasteiger partial charge in [0, 0.05) is 0 Å². The third-order valence-corrected chi connectivity index (χ3v) is 1.86. The Balaban J connectivity index is 2.62. The second kappa shape index (κ2) is 3.04. The van der Waals surface area contributed by atoms with Crippen LogP contribution >= 0.6 is 0 Å². The van der Waals surface area contributed by atoms with Crippen LogP contribution in [0, 0.1) is 0 Å². The molecule has 1 aromatic carbocycles. The molecule has 78 valence electrons. The first-order valence-corrected chi connectivity index (χ1v) is 3.91. The molecule has 2 aromatic rings. The van der Waals surface area contributed by atoms with Crippen LogP contribution in [0.15, 0.2) is 18.2 Å². The maximum atomic E-state index is 12.2. The third-order valence-electron chi connectivity index (χ3n) is 1.86. The van der Waals surface area contributed by atoms with E-state index in [9.17, 15) is 18.0 Å². The van der Waals surface area contributed by atoms with Gasteiger partial charge in [-0.25, -0.2) is 0 Å². The number of aromatic amines is 1. The lowest BCUT2D eigenvalue weighted by atomic mass is 10.1. The average Bonchev–Trinajstić information content (AvgIpc) is 2.62. The largest absolute Gasteiger partial charge is 0.454 e. The van der Waals surface area contributed by atoms with Crippen LogP contribution in [0.5, 0.6) is 0 Å². The summed E-state index contributed by atoms with van der Waals surface area (Å²) in [6, 6.07) is 3.89. The zero-order valence-corrected chi connectivity index (χ0v) is 7.17. The number of alkyl halides is 3. The second-order valence-electron chi connectivity index (χ2n) is 2.84. The van der Waals surface area contributed by atoms with E-state index in [0.29, 0.717) is 5.52 Å². The summed E-state index contributed by atoms with van der Waals surface area (Å²) in [6.07, 6.45) is -4.90. The SMILES string of the molecule is O=C(c1cccc2[nH]nnc12)C(F)(F)F. The fourth-order valence-electron chi connectivity index (χ4n) is 1.21. The lowest BCUT2D eigenvalue weighted by Crippen LogP contribution is -2.22. The molecule has 0 saturated heterocycles. The quantitative estimate of drug-likeness (QED) is 0.736. The van der Waals surface area contributed by atoms with Crippen LogP contribution in [0.2, 0.25) is 0 Å². The molecule has 1 aromatic heterocycles. The van der Waals surface area contributed by atoms with Gasteiger partial charge in [-0.2, -0.15) is 13.2 Å². The maximum Gasteiger partial charge on any atom is 0.454 e. The normalized spacial score (nSPS) is 11.9. The van der Waals surface area contributed by atoms with Crippen molar-refractivity contribution in [2.45, 2.75) is 6.18 Å². The first-order valence-electron chi connectivity index (χ1n) is 3.91. The zero-order chi connectivity index (χ0) is 11.1. The minimum absolute atomic E-state index is 0.0696. The van der Waals surface area contributed by atoms with Gasteiger partial charge in [0.15, 0.2) is 0 Å². The van der Waals surface area contributed by atoms with Crippen LogP contribution < -0.4 is 0 Å². The standard InChI is InChI=1S/C8H4F3N3O/c9-8(10,11)7(15)4-2-1-3-5-6(4)13-14-12-5/h1-3H,(H,12,13,14). The summed E-state index contributed by atoms with van der Waals surface area (Å²) >= 11 is 0. The van der Waals surface area contributed by atoms with Crippen molar-refractivity contribution < 1.29 is 18.0 Å². The second-order valence-corrected chi connectivity index (χ2v) is 2.84. The molecule has 2 rings (SSSR count). The number of nitrogens with one attached hydrogen (secondary N) is 1. The summed E-state index contributed by atoms with van der Waals surface area (Å²) in [5.74, 6) is -1.91.